The highest BCUT2D eigenvalue weighted by atomic mass is 15.1. The maximum absolute atomic E-state index is 5.73. The summed E-state index contributed by atoms with van der Waals surface area (Å²) in [7, 11) is 0. The average molecular weight is 280 g/mol. The van der Waals surface area contributed by atoms with E-state index in [1.165, 1.54) is 28.7 Å². The second-order valence-corrected chi connectivity index (χ2v) is 6.11. The third kappa shape index (κ3) is 3.34. The normalized spacial score (nSPS) is 16.5. The summed E-state index contributed by atoms with van der Waals surface area (Å²) in [5.74, 6) is 0.445. The molecule has 0 fully saturated rings. The number of fused-ring (bicyclic) bond motifs is 1. The highest BCUT2D eigenvalue weighted by Crippen LogP contribution is 2.21. The van der Waals surface area contributed by atoms with Gasteiger partial charge in [-0.3, -0.25) is 4.90 Å². The molecule has 3 rings (SSSR count). The number of nitrogens with two attached hydrogens (primary N) is 1. The summed E-state index contributed by atoms with van der Waals surface area (Å²) in [5.41, 5.74) is 11.5. The summed E-state index contributed by atoms with van der Waals surface area (Å²) in [5, 5.41) is 0. The zero-order valence-corrected chi connectivity index (χ0v) is 12.8. The molecule has 1 atom stereocenters. The van der Waals surface area contributed by atoms with E-state index in [2.05, 4.69) is 60.4 Å². The molecule has 21 heavy (non-hydrogen) atoms. The van der Waals surface area contributed by atoms with E-state index in [9.17, 15) is 0 Å². The van der Waals surface area contributed by atoms with E-state index in [-0.39, 0.29) is 0 Å². The zero-order chi connectivity index (χ0) is 14.7. The molecule has 1 unspecified atom stereocenters. The smallest absolute Gasteiger partial charge is 0.0240 e. The predicted molar refractivity (Wildman–Crippen MR) is 88.2 cm³/mol. The molecule has 0 saturated heterocycles. The summed E-state index contributed by atoms with van der Waals surface area (Å²) in [4.78, 5) is 2.53. The molecule has 1 heterocycles. The van der Waals surface area contributed by atoms with Crippen LogP contribution in [0.4, 0.5) is 0 Å². The van der Waals surface area contributed by atoms with Crippen molar-refractivity contribution in [2.75, 3.05) is 13.1 Å². The lowest BCUT2D eigenvalue weighted by Crippen LogP contribution is -2.29. The first-order valence-corrected chi connectivity index (χ1v) is 7.84. The van der Waals surface area contributed by atoms with Crippen LogP contribution in [0.1, 0.15) is 35.1 Å². The standard InChI is InChI=1S/C19H24N2/c1-15(12-20)17-8-6-16(7-9-17)13-21-11-10-18-4-2-3-5-19(18)14-21/h2-9,15H,10-14,20H2,1H3. The maximum atomic E-state index is 5.73. The summed E-state index contributed by atoms with van der Waals surface area (Å²) >= 11 is 0. The van der Waals surface area contributed by atoms with Gasteiger partial charge in [0.15, 0.2) is 0 Å². The van der Waals surface area contributed by atoms with Crippen molar-refractivity contribution < 1.29 is 0 Å². The van der Waals surface area contributed by atoms with E-state index in [0.717, 1.165) is 19.6 Å². The largest absolute Gasteiger partial charge is 0.330 e. The molecule has 0 aliphatic carbocycles. The van der Waals surface area contributed by atoms with Crippen LogP contribution in [0.15, 0.2) is 48.5 Å². The van der Waals surface area contributed by atoms with Gasteiger partial charge in [0.05, 0.1) is 0 Å². The van der Waals surface area contributed by atoms with Gasteiger partial charge in [0.25, 0.3) is 0 Å². The molecule has 0 radical (unpaired) electrons. The quantitative estimate of drug-likeness (QED) is 0.931. The van der Waals surface area contributed by atoms with Crippen LogP contribution in [0, 0.1) is 0 Å². The van der Waals surface area contributed by atoms with Crippen LogP contribution in [-0.2, 0) is 19.5 Å². The molecule has 0 aromatic heterocycles. The van der Waals surface area contributed by atoms with Crippen molar-refractivity contribution in [2.24, 2.45) is 5.73 Å². The fraction of sp³-hybridized carbons (Fsp3) is 0.368. The van der Waals surface area contributed by atoms with Crippen molar-refractivity contribution in [1.82, 2.24) is 4.90 Å². The van der Waals surface area contributed by atoms with Crippen LogP contribution < -0.4 is 5.73 Å². The third-order valence-corrected chi connectivity index (χ3v) is 4.52. The molecule has 0 amide bonds. The van der Waals surface area contributed by atoms with Gasteiger partial charge in [0.2, 0.25) is 0 Å². The molecular weight excluding hydrogens is 256 g/mol. The van der Waals surface area contributed by atoms with Crippen LogP contribution >= 0.6 is 0 Å². The summed E-state index contributed by atoms with van der Waals surface area (Å²) < 4.78 is 0. The van der Waals surface area contributed by atoms with Gasteiger partial charge in [-0.2, -0.15) is 0 Å². The van der Waals surface area contributed by atoms with E-state index >= 15 is 0 Å². The molecule has 2 heteroatoms. The molecule has 2 nitrogen and oxygen atoms in total. The van der Waals surface area contributed by atoms with Crippen LogP contribution in [0.5, 0.6) is 0 Å². The summed E-state index contributed by atoms with van der Waals surface area (Å²) in [6, 6.07) is 17.8. The molecule has 0 saturated carbocycles. The Morgan fingerprint density at radius 2 is 1.76 bits per heavy atom. The molecule has 110 valence electrons. The molecule has 2 aromatic rings. The molecule has 1 aliphatic heterocycles. The third-order valence-electron chi connectivity index (χ3n) is 4.52. The number of hydrogen-bond acceptors (Lipinski definition) is 2. The van der Waals surface area contributed by atoms with Gasteiger partial charge in [-0.05, 0) is 41.1 Å². The molecule has 0 bridgehead atoms. The van der Waals surface area contributed by atoms with Gasteiger partial charge < -0.3 is 5.73 Å². The fourth-order valence-electron chi connectivity index (χ4n) is 3.03. The Balaban J connectivity index is 1.65. The first-order valence-electron chi connectivity index (χ1n) is 7.84. The Bertz CT molecular complexity index is 589. The first-order chi connectivity index (χ1) is 10.3. The SMILES string of the molecule is CC(CN)c1ccc(CN2CCc3ccccc3C2)cc1. The van der Waals surface area contributed by atoms with E-state index in [1.54, 1.807) is 0 Å². The van der Waals surface area contributed by atoms with E-state index < -0.39 is 0 Å². The zero-order valence-electron chi connectivity index (χ0n) is 12.8. The Morgan fingerprint density at radius 3 is 2.48 bits per heavy atom. The van der Waals surface area contributed by atoms with E-state index in [1.807, 2.05) is 0 Å². The molecule has 0 spiro atoms. The predicted octanol–water partition coefficient (Wildman–Crippen LogP) is 3.31. The van der Waals surface area contributed by atoms with Gasteiger partial charge in [-0.15, -0.1) is 0 Å². The minimum Gasteiger partial charge on any atom is -0.330 e. The van der Waals surface area contributed by atoms with Crippen molar-refractivity contribution in [1.29, 1.82) is 0 Å². The number of nitrogens with zero attached hydrogens (tertiary/aromatic N) is 1. The number of hydrogen-bond donors (Lipinski definition) is 1. The topological polar surface area (TPSA) is 29.3 Å². The van der Waals surface area contributed by atoms with E-state index in [0.29, 0.717) is 12.5 Å². The molecule has 2 aromatic carbocycles. The van der Waals surface area contributed by atoms with Crippen LogP contribution in [0.25, 0.3) is 0 Å². The van der Waals surface area contributed by atoms with Crippen LogP contribution in [-0.4, -0.2) is 18.0 Å². The minimum atomic E-state index is 0.445. The second kappa shape index (κ2) is 6.42. The lowest BCUT2D eigenvalue weighted by Gasteiger charge is -2.28. The summed E-state index contributed by atoms with van der Waals surface area (Å²) in [6.45, 7) is 6.14. The molecule has 1 aliphatic rings. The van der Waals surface area contributed by atoms with Crippen molar-refractivity contribution in [3.05, 3.63) is 70.8 Å². The van der Waals surface area contributed by atoms with Gasteiger partial charge in [0, 0.05) is 19.6 Å². The van der Waals surface area contributed by atoms with Crippen molar-refractivity contribution in [3.63, 3.8) is 0 Å². The molecule has 2 N–H and O–H groups in total. The number of rotatable bonds is 4. The Hall–Kier alpha value is -1.64. The van der Waals surface area contributed by atoms with Crippen molar-refractivity contribution in [3.8, 4) is 0 Å². The van der Waals surface area contributed by atoms with Crippen LogP contribution in [0.2, 0.25) is 0 Å². The molecular formula is C19H24N2. The minimum absolute atomic E-state index is 0.445. The van der Waals surface area contributed by atoms with Gasteiger partial charge in [0.1, 0.15) is 0 Å². The van der Waals surface area contributed by atoms with Gasteiger partial charge in [-0.25, -0.2) is 0 Å². The first kappa shape index (κ1) is 14.3. The van der Waals surface area contributed by atoms with Gasteiger partial charge >= 0.3 is 0 Å². The van der Waals surface area contributed by atoms with Crippen LogP contribution in [0.3, 0.4) is 0 Å². The highest BCUT2D eigenvalue weighted by molar-refractivity contribution is 5.30. The summed E-state index contributed by atoms with van der Waals surface area (Å²) in [6.07, 6.45) is 1.17. The Morgan fingerprint density at radius 1 is 1.05 bits per heavy atom. The lowest BCUT2D eigenvalue weighted by molar-refractivity contribution is 0.245. The van der Waals surface area contributed by atoms with Crippen molar-refractivity contribution >= 4 is 0 Å². The highest BCUT2D eigenvalue weighted by Gasteiger charge is 2.15. The lowest BCUT2D eigenvalue weighted by atomic mass is 9.98. The fourth-order valence-corrected chi connectivity index (χ4v) is 3.03. The number of benzene rings is 2. The second-order valence-electron chi connectivity index (χ2n) is 6.11. The van der Waals surface area contributed by atoms with Crippen molar-refractivity contribution in [2.45, 2.75) is 32.4 Å². The average Bonchev–Trinajstić information content (AvgIpc) is 2.55. The maximum Gasteiger partial charge on any atom is 0.0240 e. The monoisotopic (exact) mass is 280 g/mol. The Labute approximate surface area is 127 Å². The Kier molecular flexibility index (Phi) is 4.37. The van der Waals surface area contributed by atoms with Gasteiger partial charge in [-0.1, -0.05) is 55.5 Å². The van der Waals surface area contributed by atoms with E-state index in [4.69, 9.17) is 5.73 Å².